The highest BCUT2D eigenvalue weighted by molar-refractivity contribution is 4.81. The van der Waals surface area contributed by atoms with E-state index >= 15 is 0 Å². The van der Waals surface area contributed by atoms with Crippen molar-refractivity contribution in [1.82, 2.24) is 5.48 Å². The molecule has 0 aromatic rings. The molecule has 0 rings (SSSR count). The Morgan fingerprint density at radius 2 is 1.10 bits per heavy atom. The molecular weight excluding hydrogens is 246 g/mol. The van der Waals surface area contributed by atoms with Crippen molar-refractivity contribution < 1.29 is 5.21 Å². The van der Waals surface area contributed by atoms with Gasteiger partial charge in [0, 0.05) is 6.54 Å². The van der Waals surface area contributed by atoms with E-state index in [1.54, 1.807) is 0 Å². The van der Waals surface area contributed by atoms with Crippen molar-refractivity contribution in [3.05, 3.63) is 12.2 Å². The maximum absolute atomic E-state index is 8.42. The van der Waals surface area contributed by atoms with Gasteiger partial charge in [-0.2, -0.15) is 0 Å². The quantitative estimate of drug-likeness (QED) is 0.207. The molecule has 2 nitrogen and oxygen atoms in total. The Hall–Kier alpha value is -0.340. The molecule has 0 spiro atoms. The summed E-state index contributed by atoms with van der Waals surface area (Å²) >= 11 is 0. The first-order chi connectivity index (χ1) is 9.91. The van der Waals surface area contributed by atoms with Crippen LogP contribution in [0.1, 0.15) is 96.8 Å². The smallest absolute Gasteiger partial charge is 0.0207 e. The molecule has 0 unspecified atom stereocenters. The maximum atomic E-state index is 8.42. The van der Waals surface area contributed by atoms with Crippen LogP contribution in [0.4, 0.5) is 0 Å². The number of rotatable bonds is 16. The number of allylic oxidation sites excluding steroid dienone is 2. The monoisotopic (exact) mass is 283 g/mol. The van der Waals surface area contributed by atoms with E-state index in [1.165, 1.54) is 83.5 Å². The molecule has 0 fully saturated rings. The van der Waals surface area contributed by atoms with E-state index in [4.69, 9.17) is 5.21 Å². The lowest BCUT2D eigenvalue weighted by Gasteiger charge is -2.00. The molecule has 0 aromatic heterocycles. The third-order valence-electron chi connectivity index (χ3n) is 3.80. The standard InChI is InChI=1S/C18H37NO/c1-2-3-4-5-6-7-8-9-10-11-12-13-14-15-16-17-18-19-20/h9-10,19-20H,2-8,11-18H2,1H3. The zero-order valence-electron chi connectivity index (χ0n) is 13.7. The van der Waals surface area contributed by atoms with Crippen molar-refractivity contribution in [2.75, 3.05) is 6.54 Å². The largest absolute Gasteiger partial charge is 0.317 e. The van der Waals surface area contributed by atoms with Gasteiger partial charge in [0.2, 0.25) is 0 Å². The van der Waals surface area contributed by atoms with Crippen LogP contribution in [-0.2, 0) is 0 Å². The molecule has 0 aliphatic rings. The molecule has 20 heavy (non-hydrogen) atoms. The Kier molecular flexibility index (Phi) is 18.3. The highest BCUT2D eigenvalue weighted by Crippen LogP contribution is 2.09. The van der Waals surface area contributed by atoms with Gasteiger partial charge in [0.05, 0.1) is 0 Å². The number of hydrogen-bond donors (Lipinski definition) is 2. The van der Waals surface area contributed by atoms with Gasteiger partial charge < -0.3 is 5.21 Å². The van der Waals surface area contributed by atoms with Crippen molar-refractivity contribution in [1.29, 1.82) is 0 Å². The molecular formula is C18H37NO. The second kappa shape index (κ2) is 18.7. The summed E-state index contributed by atoms with van der Waals surface area (Å²) in [5.41, 5.74) is 2.21. The minimum atomic E-state index is 0.737. The highest BCUT2D eigenvalue weighted by atomic mass is 16.5. The van der Waals surface area contributed by atoms with E-state index in [0.29, 0.717) is 0 Å². The van der Waals surface area contributed by atoms with Crippen molar-refractivity contribution in [3.63, 3.8) is 0 Å². The van der Waals surface area contributed by atoms with Gasteiger partial charge in [0.25, 0.3) is 0 Å². The first-order valence-corrected chi connectivity index (χ1v) is 8.93. The van der Waals surface area contributed by atoms with Crippen molar-refractivity contribution in [3.8, 4) is 0 Å². The Morgan fingerprint density at radius 3 is 1.60 bits per heavy atom. The first-order valence-electron chi connectivity index (χ1n) is 8.93. The van der Waals surface area contributed by atoms with Gasteiger partial charge in [0.15, 0.2) is 0 Å². The van der Waals surface area contributed by atoms with Crippen LogP contribution in [0.3, 0.4) is 0 Å². The van der Waals surface area contributed by atoms with Gasteiger partial charge >= 0.3 is 0 Å². The number of unbranched alkanes of at least 4 members (excludes halogenated alkanes) is 12. The van der Waals surface area contributed by atoms with E-state index in [-0.39, 0.29) is 0 Å². The van der Waals surface area contributed by atoms with Crippen LogP contribution in [0.2, 0.25) is 0 Å². The zero-order valence-corrected chi connectivity index (χ0v) is 13.7. The van der Waals surface area contributed by atoms with Crippen LogP contribution in [0.5, 0.6) is 0 Å². The molecule has 0 aliphatic heterocycles. The molecule has 0 atom stereocenters. The van der Waals surface area contributed by atoms with E-state index in [2.05, 4.69) is 24.6 Å². The lowest BCUT2D eigenvalue weighted by atomic mass is 10.1. The number of nitrogens with one attached hydrogen (secondary N) is 1. The summed E-state index contributed by atoms with van der Waals surface area (Å²) in [4.78, 5) is 0. The molecule has 0 aliphatic carbocycles. The van der Waals surface area contributed by atoms with E-state index < -0.39 is 0 Å². The number of hydroxylamine groups is 1. The predicted octanol–water partition coefficient (Wildman–Crippen LogP) is 6.00. The fourth-order valence-electron chi connectivity index (χ4n) is 2.45. The van der Waals surface area contributed by atoms with Gasteiger partial charge in [-0.1, -0.05) is 76.9 Å². The van der Waals surface area contributed by atoms with Crippen LogP contribution < -0.4 is 5.48 Å². The fourth-order valence-corrected chi connectivity index (χ4v) is 2.45. The molecule has 0 saturated heterocycles. The lowest BCUT2D eigenvalue weighted by molar-refractivity contribution is 0.164. The van der Waals surface area contributed by atoms with Gasteiger partial charge in [-0.25, -0.2) is 5.48 Å². The third-order valence-corrected chi connectivity index (χ3v) is 3.80. The fraction of sp³-hybridized carbons (Fsp3) is 0.889. The zero-order chi connectivity index (χ0) is 14.7. The highest BCUT2D eigenvalue weighted by Gasteiger charge is 1.91. The summed E-state index contributed by atoms with van der Waals surface area (Å²) in [5.74, 6) is 0. The topological polar surface area (TPSA) is 32.3 Å². The van der Waals surface area contributed by atoms with Gasteiger partial charge in [0.1, 0.15) is 0 Å². The molecule has 0 amide bonds. The van der Waals surface area contributed by atoms with Crippen molar-refractivity contribution in [2.45, 2.75) is 96.8 Å². The molecule has 0 heterocycles. The molecule has 0 aromatic carbocycles. The lowest BCUT2D eigenvalue weighted by Crippen LogP contribution is -2.07. The molecule has 2 N–H and O–H groups in total. The van der Waals surface area contributed by atoms with Gasteiger partial charge in [-0.15, -0.1) is 0 Å². The summed E-state index contributed by atoms with van der Waals surface area (Å²) in [7, 11) is 0. The Morgan fingerprint density at radius 1 is 0.650 bits per heavy atom. The summed E-state index contributed by atoms with van der Waals surface area (Å²) in [6, 6.07) is 0. The minimum absolute atomic E-state index is 0.737. The molecule has 0 saturated carbocycles. The van der Waals surface area contributed by atoms with E-state index in [1.807, 2.05) is 0 Å². The summed E-state index contributed by atoms with van der Waals surface area (Å²) in [5, 5.41) is 8.42. The summed E-state index contributed by atoms with van der Waals surface area (Å²) in [6.45, 7) is 3.01. The molecule has 0 bridgehead atoms. The number of hydrogen-bond acceptors (Lipinski definition) is 2. The van der Waals surface area contributed by atoms with Crippen molar-refractivity contribution >= 4 is 0 Å². The second-order valence-corrected chi connectivity index (χ2v) is 5.85. The maximum Gasteiger partial charge on any atom is 0.0207 e. The van der Waals surface area contributed by atoms with E-state index in [9.17, 15) is 0 Å². The van der Waals surface area contributed by atoms with Crippen molar-refractivity contribution in [2.24, 2.45) is 0 Å². The second-order valence-electron chi connectivity index (χ2n) is 5.85. The van der Waals surface area contributed by atoms with Crippen LogP contribution in [0, 0.1) is 0 Å². The Labute approximate surface area is 127 Å². The average Bonchev–Trinajstić information content (AvgIpc) is 2.47. The van der Waals surface area contributed by atoms with Crippen LogP contribution in [0.25, 0.3) is 0 Å². The molecule has 120 valence electrons. The predicted molar refractivity (Wildman–Crippen MR) is 89.2 cm³/mol. The first kappa shape index (κ1) is 19.7. The van der Waals surface area contributed by atoms with Gasteiger partial charge in [-0.05, 0) is 32.1 Å². The minimum Gasteiger partial charge on any atom is -0.317 e. The Balaban J connectivity index is 3.01. The Bertz CT molecular complexity index is 192. The van der Waals surface area contributed by atoms with Crippen LogP contribution in [-0.4, -0.2) is 11.8 Å². The third kappa shape index (κ3) is 17.7. The van der Waals surface area contributed by atoms with Crippen LogP contribution in [0.15, 0.2) is 12.2 Å². The molecule has 2 heteroatoms. The SMILES string of the molecule is CCCCCCCCC=CCCCCCCCCNO. The normalized spacial score (nSPS) is 11.5. The van der Waals surface area contributed by atoms with Gasteiger partial charge in [-0.3, -0.25) is 0 Å². The summed E-state index contributed by atoms with van der Waals surface area (Å²) in [6.07, 6.45) is 23.4. The van der Waals surface area contributed by atoms with E-state index in [0.717, 1.165) is 13.0 Å². The summed E-state index contributed by atoms with van der Waals surface area (Å²) < 4.78 is 0. The van der Waals surface area contributed by atoms with Crippen LogP contribution >= 0.6 is 0 Å². The molecule has 0 radical (unpaired) electrons. The average molecular weight is 283 g/mol.